The predicted octanol–water partition coefficient (Wildman–Crippen LogP) is 4.22. The molecule has 21 heavy (non-hydrogen) atoms. The van der Waals surface area contributed by atoms with Gasteiger partial charge in [-0.25, -0.2) is 0 Å². The third kappa shape index (κ3) is 2.35. The van der Waals surface area contributed by atoms with Crippen LogP contribution in [0.5, 0.6) is 0 Å². The van der Waals surface area contributed by atoms with E-state index < -0.39 is 5.92 Å². The summed E-state index contributed by atoms with van der Waals surface area (Å²) >= 11 is 6.28. The highest BCUT2D eigenvalue weighted by Crippen LogP contribution is 2.48. The molecule has 1 fully saturated rings. The largest absolute Gasteiger partial charge is 0.303 e. The fourth-order valence-corrected chi connectivity index (χ4v) is 3.42. The number of hydrogen-bond donors (Lipinski definition) is 1. The Kier molecular flexibility index (Phi) is 3.53. The number of rotatable bonds is 2. The zero-order chi connectivity index (χ0) is 15.0. The van der Waals surface area contributed by atoms with Gasteiger partial charge >= 0.3 is 0 Å². The van der Waals surface area contributed by atoms with E-state index >= 15 is 0 Å². The summed E-state index contributed by atoms with van der Waals surface area (Å²) in [5, 5.41) is 27.7. The number of allylic oxidation sites excluding steroid dienone is 2. The van der Waals surface area contributed by atoms with Crippen LogP contribution in [-0.2, 0) is 0 Å². The van der Waals surface area contributed by atoms with Crippen molar-refractivity contribution in [2.75, 3.05) is 0 Å². The van der Waals surface area contributed by atoms with Crippen molar-refractivity contribution in [3.8, 4) is 12.1 Å². The monoisotopic (exact) mass is 295 g/mol. The molecule has 2 aliphatic rings. The number of nitrogens with zero attached hydrogens (tertiary/aromatic N) is 2. The van der Waals surface area contributed by atoms with Crippen molar-refractivity contribution in [3.63, 3.8) is 0 Å². The van der Waals surface area contributed by atoms with Crippen LogP contribution in [0.1, 0.15) is 30.7 Å². The zero-order valence-corrected chi connectivity index (χ0v) is 12.2. The van der Waals surface area contributed by atoms with Gasteiger partial charge in [-0.2, -0.15) is 10.5 Å². The van der Waals surface area contributed by atoms with Gasteiger partial charge in [-0.05, 0) is 42.4 Å². The summed E-state index contributed by atoms with van der Waals surface area (Å²) in [6.07, 6.45) is 2.83. The molecule has 1 N–H and O–H groups in total. The molecule has 1 unspecified atom stereocenters. The van der Waals surface area contributed by atoms with Crippen LogP contribution in [0, 0.1) is 39.9 Å². The van der Waals surface area contributed by atoms with Crippen LogP contribution in [0.4, 0.5) is 0 Å². The number of benzene rings is 1. The van der Waals surface area contributed by atoms with Crippen LogP contribution >= 0.6 is 11.6 Å². The third-order valence-corrected chi connectivity index (χ3v) is 4.71. The first-order valence-electron chi connectivity index (χ1n) is 7.03. The number of nitriles is 2. The van der Waals surface area contributed by atoms with Crippen molar-refractivity contribution in [2.45, 2.75) is 25.2 Å². The highest BCUT2D eigenvalue weighted by molar-refractivity contribution is 6.31. The summed E-state index contributed by atoms with van der Waals surface area (Å²) < 4.78 is 0. The predicted molar refractivity (Wildman–Crippen MR) is 81.0 cm³/mol. The molecule has 0 spiro atoms. The molecule has 0 aromatic heterocycles. The molecule has 0 bridgehead atoms. The Bertz CT molecular complexity index is 716. The molecule has 2 atom stereocenters. The molecule has 104 valence electrons. The molecule has 0 saturated heterocycles. The third-order valence-electron chi connectivity index (χ3n) is 4.37. The molecular weight excluding hydrogens is 282 g/mol. The second kappa shape index (κ2) is 5.35. The van der Waals surface area contributed by atoms with Crippen molar-refractivity contribution in [1.82, 2.24) is 0 Å². The van der Waals surface area contributed by atoms with E-state index in [0.29, 0.717) is 22.9 Å². The molecule has 4 heteroatoms. The minimum absolute atomic E-state index is 0.121. The molecule has 1 aromatic carbocycles. The molecule has 1 saturated carbocycles. The fraction of sp³-hybridized carbons (Fsp3) is 0.353. The van der Waals surface area contributed by atoms with Gasteiger partial charge in [0.25, 0.3) is 0 Å². The van der Waals surface area contributed by atoms with Crippen LogP contribution in [0.25, 0.3) is 0 Å². The Balaban J connectivity index is 2.09. The second-order valence-electron chi connectivity index (χ2n) is 5.64. The van der Waals surface area contributed by atoms with Gasteiger partial charge in [0.05, 0.1) is 23.3 Å². The molecule has 0 heterocycles. The van der Waals surface area contributed by atoms with E-state index in [1.54, 1.807) is 0 Å². The normalized spacial score (nSPS) is 25.4. The van der Waals surface area contributed by atoms with Gasteiger partial charge in [-0.15, -0.1) is 0 Å². The van der Waals surface area contributed by atoms with Crippen LogP contribution < -0.4 is 0 Å². The number of halogens is 1. The maximum Gasteiger partial charge on any atom is 0.101 e. The second-order valence-corrected chi connectivity index (χ2v) is 6.05. The average Bonchev–Trinajstić information content (AvgIpc) is 3.31. The smallest absolute Gasteiger partial charge is 0.101 e. The van der Waals surface area contributed by atoms with E-state index in [9.17, 15) is 10.5 Å². The molecule has 3 nitrogen and oxygen atoms in total. The van der Waals surface area contributed by atoms with Gasteiger partial charge in [0, 0.05) is 10.9 Å². The van der Waals surface area contributed by atoms with Crippen LogP contribution in [0.15, 0.2) is 35.4 Å². The highest BCUT2D eigenvalue weighted by Gasteiger charge is 2.41. The van der Waals surface area contributed by atoms with E-state index in [2.05, 4.69) is 12.1 Å². The van der Waals surface area contributed by atoms with Gasteiger partial charge in [-0.3, -0.25) is 0 Å². The Morgan fingerprint density at radius 1 is 1.19 bits per heavy atom. The molecule has 2 aliphatic carbocycles. The Labute approximate surface area is 129 Å². The Morgan fingerprint density at radius 3 is 2.48 bits per heavy atom. The fourth-order valence-electron chi connectivity index (χ4n) is 3.14. The molecule has 0 amide bonds. The first-order chi connectivity index (χ1) is 10.2. The standard InChI is InChI=1S/C17H14ClN3/c18-16-4-2-1-3-11(16)13-7-12(10-5-6-10)14(8-19)17(21)15(13)9-20/h1-4,10,13,15,21H,5-7H2/t13-,15?/m0/s1. The van der Waals surface area contributed by atoms with Crippen LogP contribution in [0.2, 0.25) is 5.02 Å². The lowest BCUT2D eigenvalue weighted by molar-refractivity contribution is 0.584. The lowest BCUT2D eigenvalue weighted by Crippen LogP contribution is -2.28. The molecule has 0 radical (unpaired) electrons. The van der Waals surface area contributed by atoms with E-state index in [-0.39, 0.29) is 11.6 Å². The molecule has 1 aromatic rings. The van der Waals surface area contributed by atoms with Gasteiger partial charge < -0.3 is 5.41 Å². The van der Waals surface area contributed by atoms with E-state index in [1.807, 2.05) is 24.3 Å². The maximum atomic E-state index is 9.47. The maximum absolute atomic E-state index is 9.47. The van der Waals surface area contributed by atoms with Crippen LogP contribution in [-0.4, -0.2) is 5.71 Å². The zero-order valence-electron chi connectivity index (χ0n) is 11.4. The Morgan fingerprint density at radius 2 is 1.90 bits per heavy atom. The van der Waals surface area contributed by atoms with Gasteiger partial charge in [0.2, 0.25) is 0 Å². The van der Waals surface area contributed by atoms with E-state index in [0.717, 1.165) is 24.0 Å². The average molecular weight is 296 g/mol. The number of nitrogens with one attached hydrogen (secondary N) is 1. The minimum atomic E-state index is -0.595. The van der Waals surface area contributed by atoms with Crippen molar-refractivity contribution >= 4 is 17.3 Å². The first kappa shape index (κ1) is 13.9. The van der Waals surface area contributed by atoms with Crippen molar-refractivity contribution in [2.24, 2.45) is 11.8 Å². The lowest BCUT2D eigenvalue weighted by atomic mass is 9.71. The van der Waals surface area contributed by atoms with Crippen LogP contribution in [0.3, 0.4) is 0 Å². The summed E-state index contributed by atoms with van der Waals surface area (Å²) in [7, 11) is 0. The summed E-state index contributed by atoms with van der Waals surface area (Å²) in [6.45, 7) is 0. The molecule has 0 aliphatic heterocycles. The van der Waals surface area contributed by atoms with Gasteiger partial charge in [0.1, 0.15) is 6.07 Å². The van der Waals surface area contributed by atoms with Crippen molar-refractivity contribution in [3.05, 3.63) is 46.0 Å². The minimum Gasteiger partial charge on any atom is -0.303 e. The SMILES string of the molecule is N#CC1=C(C2CC2)C[C@@H](c2ccccc2Cl)C(C#N)C1=N. The summed E-state index contributed by atoms with van der Waals surface area (Å²) in [6, 6.07) is 11.9. The quantitative estimate of drug-likeness (QED) is 0.887. The van der Waals surface area contributed by atoms with Crippen molar-refractivity contribution in [1.29, 1.82) is 15.9 Å². The number of hydrogen-bond acceptors (Lipinski definition) is 3. The highest BCUT2D eigenvalue weighted by atomic mass is 35.5. The summed E-state index contributed by atoms with van der Waals surface area (Å²) in [5.41, 5.74) is 2.56. The first-order valence-corrected chi connectivity index (χ1v) is 7.41. The summed E-state index contributed by atoms with van der Waals surface area (Å²) in [5.74, 6) is -0.296. The Hall–Kier alpha value is -2.10. The molecule has 3 rings (SSSR count). The van der Waals surface area contributed by atoms with Gasteiger partial charge in [0.15, 0.2) is 0 Å². The van der Waals surface area contributed by atoms with Crippen molar-refractivity contribution < 1.29 is 0 Å². The molecular formula is C17H14ClN3. The van der Waals surface area contributed by atoms with E-state index in [1.165, 1.54) is 0 Å². The van der Waals surface area contributed by atoms with Gasteiger partial charge in [-0.1, -0.05) is 29.8 Å². The summed E-state index contributed by atoms with van der Waals surface area (Å²) in [4.78, 5) is 0. The topological polar surface area (TPSA) is 71.4 Å². The van der Waals surface area contributed by atoms with E-state index in [4.69, 9.17) is 17.0 Å². The lowest BCUT2D eigenvalue weighted by Gasteiger charge is -2.30.